The number of nitrogens with one attached hydrogen (secondary N) is 1. The monoisotopic (exact) mass is 357 g/mol. The molecule has 0 saturated heterocycles. The summed E-state index contributed by atoms with van der Waals surface area (Å²) in [6.45, 7) is 0.803. The minimum Gasteiger partial charge on any atom is -0.495 e. The molecular formula is C21H19N5O. The van der Waals surface area contributed by atoms with Gasteiger partial charge in [0.05, 0.1) is 25.3 Å². The number of ether oxygens (including phenoxy) is 1. The van der Waals surface area contributed by atoms with Gasteiger partial charge in [0.1, 0.15) is 11.6 Å². The molecule has 6 heteroatoms. The summed E-state index contributed by atoms with van der Waals surface area (Å²) in [7, 11) is 1.63. The van der Waals surface area contributed by atoms with Crippen molar-refractivity contribution in [3.05, 3.63) is 85.2 Å². The van der Waals surface area contributed by atoms with Crippen molar-refractivity contribution in [2.45, 2.75) is 6.54 Å². The third-order valence-electron chi connectivity index (χ3n) is 4.18. The zero-order valence-corrected chi connectivity index (χ0v) is 14.9. The summed E-state index contributed by atoms with van der Waals surface area (Å²) in [5.41, 5.74) is 4.06. The van der Waals surface area contributed by atoms with Crippen molar-refractivity contribution in [1.29, 1.82) is 0 Å². The second-order valence-corrected chi connectivity index (χ2v) is 6.07. The highest BCUT2D eigenvalue weighted by atomic mass is 16.5. The Labute approximate surface area is 157 Å². The number of nitrogens with zero attached hydrogens (tertiary/aromatic N) is 4. The lowest BCUT2D eigenvalue weighted by Gasteiger charge is -2.09. The second kappa shape index (κ2) is 7.70. The van der Waals surface area contributed by atoms with Crippen LogP contribution in [0.2, 0.25) is 0 Å². The quantitative estimate of drug-likeness (QED) is 0.562. The highest BCUT2D eigenvalue weighted by Crippen LogP contribution is 2.23. The predicted molar refractivity (Wildman–Crippen MR) is 105 cm³/mol. The van der Waals surface area contributed by atoms with Crippen LogP contribution in [0.25, 0.3) is 11.3 Å². The van der Waals surface area contributed by atoms with Crippen LogP contribution in [0.15, 0.2) is 79.6 Å². The lowest BCUT2D eigenvalue weighted by Crippen LogP contribution is -1.97. The van der Waals surface area contributed by atoms with Crippen molar-refractivity contribution in [1.82, 2.24) is 19.5 Å². The van der Waals surface area contributed by atoms with Crippen molar-refractivity contribution >= 4 is 11.5 Å². The van der Waals surface area contributed by atoms with E-state index in [1.807, 2.05) is 53.5 Å². The Morgan fingerprint density at radius 1 is 1.00 bits per heavy atom. The summed E-state index contributed by atoms with van der Waals surface area (Å²) >= 11 is 0. The maximum absolute atomic E-state index is 5.16. The molecule has 27 heavy (non-hydrogen) atoms. The number of rotatable bonds is 6. The van der Waals surface area contributed by atoms with E-state index < -0.39 is 0 Å². The molecule has 0 atom stereocenters. The maximum Gasteiger partial charge on any atom is 0.137 e. The molecule has 0 bridgehead atoms. The van der Waals surface area contributed by atoms with Gasteiger partial charge in [-0.15, -0.1) is 0 Å². The molecule has 0 aliphatic carbocycles. The molecule has 4 rings (SSSR count). The Bertz CT molecular complexity index is 996. The largest absolute Gasteiger partial charge is 0.495 e. The fourth-order valence-electron chi connectivity index (χ4n) is 2.76. The first-order valence-electron chi connectivity index (χ1n) is 8.58. The van der Waals surface area contributed by atoms with Gasteiger partial charge in [0.25, 0.3) is 0 Å². The first-order valence-corrected chi connectivity index (χ1v) is 8.58. The summed E-state index contributed by atoms with van der Waals surface area (Å²) in [6.07, 6.45) is 9.04. The van der Waals surface area contributed by atoms with Crippen LogP contribution in [0.1, 0.15) is 5.56 Å². The van der Waals surface area contributed by atoms with Crippen LogP contribution in [0.4, 0.5) is 11.5 Å². The van der Waals surface area contributed by atoms with E-state index >= 15 is 0 Å². The summed E-state index contributed by atoms with van der Waals surface area (Å²) in [4.78, 5) is 12.9. The molecule has 6 nitrogen and oxygen atoms in total. The summed E-state index contributed by atoms with van der Waals surface area (Å²) in [5, 5.41) is 3.34. The standard InChI is InChI=1S/C21H19N5O/c1-27-19-6-7-20(24-13-19)17-8-9-23-21(12-17)25-18-4-2-16(3-5-18)14-26-11-10-22-15-26/h2-13,15H,14H2,1H3,(H,23,25). The molecule has 0 spiro atoms. The zero-order valence-electron chi connectivity index (χ0n) is 14.9. The fraction of sp³-hybridized carbons (Fsp3) is 0.0952. The van der Waals surface area contributed by atoms with E-state index in [1.165, 1.54) is 5.56 Å². The van der Waals surface area contributed by atoms with Crippen LogP contribution < -0.4 is 10.1 Å². The van der Waals surface area contributed by atoms with Crippen LogP contribution in [0.3, 0.4) is 0 Å². The van der Waals surface area contributed by atoms with Crippen LogP contribution in [0.5, 0.6) is 5.75 Å². The molecule has 0 aliphatic heterocycles. The van der Waals surface area contributed by atoms with Crippen molar-refractivity contribution in [2.75, 3.05) is 12.4 Å². The summed E-state index contributed by atoms with van der Waals surface area (Å²) in [6, 6.07) is 16.0. The Morgan fingerprint density at radius 3 is 2.59 bits per heavy atom. The third-order valence-corrected chi connectivity index (χ3v) is 4.18. The zero-order chi connectivity index (χ0) is 18.5. The molecule has 4 aromatic rings. The van der Waals surface area contributed by atoms with Gasteiger partial charge in [-0.25, -0.2) is 9.97 Å². The molecule has 0 fully saturated rings. The van der Waals surface area contributed by atoms with E-state index in [4.69, 9.17) is 4.74 Å². The molecule has 0 amide bonds. The molecule has 3 heterocycles. The van der Waals surface area contributed by atoms with E-state index in [-0.39, 0.29) is 0 Å². The van der Waals surface area contributed by atoms with Crippen LogP contribution in [0, 0.1) is 0 Å². The Morgan fingerprint density at radius 2 is 1.89 bits per heavy atom. The average molecular weight is 357 g/mol. The van der Waals surface area contributed by atoms with Crippen LogP contribution in [-0.2, 0) is 6.54 Å². The lowest BCUT2D eigenvalue weighted by molar-refractivity contribution is 0.413. The van der Waals surface area contributed by atoms with Gasteiger partial charge >= 0.3 is 0 Å². The van der Waals surface area contributed by atoms with Crippen molar-refractivity contribution < 1.29 is 4.74 Å². The number of pyridine rings is 2. The first-order chi connectivity index (χ1) is 13.3. The van der Waals surface area contributed by atoms with E-state index in [0.29, 0.717) is 0 Å². The van der Waals surface area contributed by atoms with Gasteiger partial charge in [0.2, 0.25) is 0 Å². The van der Waals surface area contributed by atoms with Gasteiger partial charge in [-0.2, -0.15) is 0 Å². The fourth-order valence-corrected chi connectivity index (χ4v) is 2.76. The van der Waals surface area contributed by atoms with E-state index in [0.717, 1.165) is 35.1 Å². The lowest BCUT2D eigenvalue weighted by atomic mass is 10.1. The SMILES string of the molecule is COc1ccc(-c2ccnc(Nc3ccc(Cn4ccnc4)cc3)c2)nc1. The van der Waals surface area contributed by atoms with Gasteiger partial charge in [0.15, 0.2) is 0 Å². The van der Waals surface area contributed by atoms with Crippen LogP contribution in [-0.4, -0.2) is 26.6 Å². The second-order valence-electron chi connectivity index (χ2n) is 6.07. The van der Waals surface area contributed by atoms with Gasteiger partial charge in [-0.05, 0) is 42.0 Å². The maximum atomic E-state index is 5.16. The smallest absolute Gasteiger partial charge is 0.137 e. The van der Waals surface area contributed by atoms with Crippen molar-refractivity contribution in [3.8, 4) is 17.0 Å². The number of hydrogen-bond donors (Lipinski definition) is 1. The Kier molecular flexibility index (Phi) is 4.78. The molecule has 0 saturated carbocycles. The van der Waals surface area contributed by atoms with Gasteiger partial charge in [0, 0.05) is 36.4 Å². The minimum absolute atomic E-state index is 0.738. The number of methoxy groups -OCH3 is 1. The highest BCUT2D eigenvalue weighted by Gasteiger charge is 2.03. The topological polar surface area (TPSA) is 64.9 Å². The molecule has 1 N–H and O–H groups in total. The number of imidazole rings is 1. The normalized spacial score (nSPS) is 10.6. The number of anilines is 2. The molecule has 134 valence electrons. The minimum atomic E-state index is 0.738. The molecule has 0 aliphatic rings. The number of benzene rings is 1. The third kappa shape index (κ3) is 4.12. The van der Waals surface area contributed by atoms with Gasteiger partial charge < -0.3 is 14.6 Å². The summed E-state index contributed by atoms with van der Waals surface area (Å²) in [5.74, 6) is 1.51. The summed E-state index contributed by atoms with van der Waals surface area (Å²) < 4.78 is 7.20. The van der Waals surface area contributed by atoms with E-state index in [9.17, 15) is 0 Å². The van der Waals surface area contributed by atoms with Crippen molar-refractivity contribution in [3.63, 3.8) is 0 Å². The van der Waals surface area contributed by atoms with E-state index in [2.05, 4.69) is 32.4 Å². The number of hydrogen-bond acceptors (Lipinski definition) is 5. The molecular weight excluding hydrogens is 338 g/mol. The van der Waals surface area contributed by atoms with Crippen LogP contribution >= 0.6 is 0 Å². The molecule has 0 unspecified atom stereocenters. The molecule has 3 aromatic heterocycles. The van der Waals surface area contributed by atoms with E-state index in [1.54, 1.807) is 25.7 Å². The van der Waals surface area contributed by atoms with Crippen molar-refractivity contribution in [2.24, 2.45) is 0 Å². The number of aromatic nitrogens is 4. The first kappa shape index (κ1) is 16.8. The van der Waals surface area contributed by atoms with Gasteiger partial charge in [-0.3, -0.25) is 4.98 Å². The Hall–Kier alpha value is -3.67. The molecule has 0 radical (unpaired) electrons. The average Bonchev–Trinajstić information content (AvgIpc) is 3.23. The highest BCUT2D eigenvalue weighted by molar-refractivity contribution is 5.66. The van der Waals surface area contributed by atoms with Gasteiger partial charge in [-0.1, -0.05) is 12.1 Å². The molecule has 1 aromatic carbocycles. The predicted octanol–water partition coefficient (Wildman–Crippen LogP) is 4.14. The Balaban J connectivity index is 1.47.